The Morgan fingerprint density at radius 2 is 1.66 bits per heavy atom. The van der Waals surface area contributed by atoms with Crippen molar-refractivity contribution in [2.45, 2.75) is 32.3 Å². The number of benzene rings is 3. The highest BCUT2D eigenvalue weighted by Crippen LogP contribution is 2.24. The van der Waals surface area contributed by atoms with Crippen molar-refractivity contribution in [3.8, 4) is 11.5 Å². The van der Waals surface area contributed by atoms with E-state index in [1.807, 2.05) is 39.0 Å². The number of primary sulfonamides is 1. The average Bonchev–Trinajstić information content (AvgIpc) is 2.75. The molecule has 0 fully saturated rings. The number of anilines is 1. The third-order valence-electron chi connectivity index (χ3n) is 4.94. The number of hydrogen-bond acceptors (Lipinski definition) is 5. The van der Waals surface area contributed by atoms with E-state index < -0.39 is 10.0 Å². The Labute approximate surface area is 188 Å². The summed E-state index contributed by atoms with van der Waals surface area (Å²) < 4.78 is 34.4. The molecule has 0 heterocycles. The summed E-state index contributed by atoms with van der Waals surface area (Å²) in [4.78, 5) is 12.7. The zero-order valence-electron chi connectivity index (χ0n) is 18.2. The van der Waals surface area contributed by atoms with E-state index in [2.05, 4.69) is 5.32 Å². The van der Waals surface area contributed by atoms with Crippen molar-refractivity contribution < 1.29 is 22.7 Å². The fourth-order valence-electron chi connectivity index (χ4n) is 3.03. The lowest BCUT2D eigenvalue weighted by molar-refractivity contribution is 0.102. The molecule has 0 bridgehead atoms. The van der Waals surface area contributed by atoms with Gasteiger partial charge in [0.05, 0.1) is 11.5 Å². The molecule has 3 rings (SSSR count). The molecule has 0 saturated carbocycles. The first kappa shape index (κ1) is 23.3. The van der Waals surface area contributed by atoms with Crippen LogP contribution in [0.25, 0.3) is 0 Å². The maximum Gasteiger partial charge on any atom is 0.255 e. The summed E-state index contributed by atoms with van der Waals surface area (Å²) in [5.74, 6) is 1.04. The minimum atomic E-state index is -3.79. The number of rotatable bonds is 8. The number of sulfonamides is 1. The molecule has 0 radical (unpaired) electrons. The Hall–Kier alpha value is -3.36. The van der Waals surface area contributed by atoms with Gasteiger partial charge in [-0.05, 0) is 86.5 Å². The first-order chi connectivity index (χ1) is 15.2. The van der Waals surface area contributed by atoms with Crippen molar-refractivity contribution in [2.24, 2.45) is 5.14 Å². The van der Waals surface area contributed by atoms with Gasteiger partial charge in [-0.1, -0.05) is 6.07 Å². The summed E-state index contributed by atoms with van der Waals surface area (Å²) >= 11 is 0. The predicted molar refractivity (Wildman–Crippen MR) is 124 cm³/mol. The quantitative estimate of drug-likeness (QED) is 0.531. The zero-order chi connectivity index (χ0) is 23.3. The molecule has 8 heteroatoms. The maximum atomic E-state index is 12.7. The lowest BCUT2D eigenvalue weighted by atomic mass is 10.1. The summed E-state index contributed by atoms with van der Waals surface area (Å²) in [7, 11) is -3.79. The van der Waals surface area contributed by atoms with Crippen molar-refractivity contribution in [1.82, 2.24) is 0 Å². The highest BCUT2D eigenvalue weighted by atomic mass is 32.2. The van der Waals surface area contributed by atoms with Crippen LogP contribution in [0.5, 0.6) is 11.5 Å². The second-order valence-electron chi connectivity index (χ2n) is 7.31. The highest BCUT2D eigenvalue weighted by Gasteiger charge is 2.13. The van der Waals surface area contributed by atoms with Crippen molar-refractivity contribution >= 4 is 21.6 Å². The summed E-state index contributed by atoms with van der Waals surface area (Å²) in [5, 5.41) is 7.85. The van der Waals surface area contributed by atoms with Gasteiger partial charge in [0, 0.05) is 16.8 Å². The van der Waals surface area contributed by atoms with Crippen LogP contribution in [0.4, 0.5) is 5.69 Å². The Kier molecular flexibility index (Phi) is 7.17. The second kappa shape index (κ2) is 9.84. The molecule has 0 spiro atoms. The molecule has 0 aliphatic heterocycles. The van der Waals surface area contributed by atoms with Gasteiger partial charge in [0.25, 0.3) is 5.91 Å². The van der Waals surface area contributed by atoms with Crippen molar-refractivity contribution in [1.29, 1.82) is 0 Å². The lowest BCUT2D eigenvalue weighted by Crippen LogP contribution is -2.14. The van der Waals surface area contributed by atoms with Crippen LogP contribution in [0.2, 0.25) is 0 Å². The van der Waals surface area contributed by atoms with E-state index in [1.165, 1.54) is 29.8 Å². The number of hydrogen-bond donors (Lipinski definition) is 2. The Balaban J connectivity index is 1.77. The van der Waals surface area contributed by atoms with Crippen molar-refractivity contribution in [3.05, 3.63) is 82.9 Å². The molecule has 0 saturated heterocycles. The van der Waals surface area contributed by atoms with Gasteiger partial charge in [-0.2, -0.15) is 0 Å². The molecule has 0 atom stereocenters. The fraction of sp³-hybridized carbons (Fsp3) is 0.208. The van der Waals surface area contributed by atoms with Gasteiger partial charge < -0.3 is 14.8 Å². The number of ether oxygens (including phenoxy) is 2. The van der Waals surface area contributed by atoms with Crippen LogP contribution in [0.1, 0.15) is 34.0 Å². The average molecular weight is 455 g/mol. The van der Waals surface area contributed by atoms with E-state index in [1.54, 1.807) is 18.2 Å². The number of aryl methyl sites for hydroxylation is 2. The number of carbonyl (C=O) groups excluding carboxylic acids is 1. The summed E-state index contributed by atoms with van der Waals surface area (Å²) in [6.45, 7) is 6.67. The topological polar surface area (TPSA) is 108 Å². The van der Waals surface area contributed by atoms with E-state index in [0.717, 1.165) is 16.9 Å². The molecule has 7 nitrogen and oxygen atoms in total. The van der Waals surface area contributed by atoms with Crippen LogP contribution >= 0.6 is 0 Å². The van der Waals surface area contributed by atoms with E-state index in [4.69, 9.17) is 14.6 Å². The molecule has 0 aliphatic carbocycles. The second-order valence-corrected chi connectivity index (χ2v) is 8.88. The van der Waals surface area contributed by atoms with E-state index in [-0.39, 0.29) is 17.4 Å². The van der Waals surface area contributed by atoms with E-state index >= 15 is 0 Å². The predicted octanol–water partition coefficient (Wildman–Crippen LogP) is 4.18. The van der Waals surface area contributed by atoms with Crippen LogP contribution in [-0.2, 0) is 16.6 Å². The van der Waals surface area contributed by atoms with Gasteiger partial charge in [-0.25, -0.2) is 13.6 Å². The van der Waals surface area contributed by atoms with Gasteiger partial charge in [0.2, 0.25) is 10.0 Å². The maximum absolute atomic E-state index is 12.7. The van der Waals surface area contributed by atoms with Crippen LogP contribution in [0.15, 0.2) is 65.6 Å². The summed E-state index contributed by atoms with van der Waals surface area (Å²) in [6, 6.07) is 16.6. The minimum Gasteiger partial charge on any atom is -0.493 e. The molecule has 0 aromatic heterocycles. The third kappa shape index (κ3) is 5.87. The normalized spacial score (nSPS) is 11.1. The molecule has 0 unspecified atom stereocenters. The first-order valence-electron chi connectivity index (χ1n) is 10.1. The van der Waals surface area contributed by atoms with Gasteiger partial charge in [0.1, 0.15) is 18.1 Å². The summed E-state index contributed by atoms with van der Waals surface area (Å²) in [6.07, 6.45) is 0. The monoisotopic (exact) mass is 454 g/mol. The lowest BCUT2D eigenvalue weighted by Gasteiger charge is -2.14. The molecule has 3 N–H and O–H groups in total. The molecule has 32 heavy (non-hydrogen) atoms. The number of carbonyl (C=O) groups is 1. The Morgan fingerprint density at radius 1 is 0.938 bits per heavy atom. The Morgan fingerprint density at radius 3 is 2.28 bits per heavy atom. The third-order valence-corrected chi connectivity index (χ3v) is 5.87. The van der Waals surface area contributed by atoms with E-state index in [0.29, 0.717) is 23.6 Å². The SMILES string of the molecule is CCOc1ccc(C(=O)Nc2ccc(S(N)(=O)=O)cc2)cc1COc1ccc(C)c(C)c1. The fourth-order valence-corrected chi connectivity index (χ4v) is 3.54. The molecule has 0 aliphatic rings. The minimum absolute atomic E-state index is 0.0256. The highest BCUT2D eigenvalue weighted by molar-refractivity contribution is 7.89. The van der Waals surface area contributed by atoms with Gasteiger partial charge in [0.15, 0.2) is 0 Å². The van der Waals surface area contributed by atoms with Crippen LogP contribution in [0.3, 0.4) is 0 Å². The molecule has 3 aromatic carbocycles. The van der Waals surface area contributed by atoms with Gasteiger partial charge in [-0.3, -0.25) is 4.79 Å². The van der Waals surface area contributed by atoms with Crippen molar-refractivity contribution in [3.63, 3.8) is 0 Å². The van der Waals surface area contributed by atoms with Gasteiger partial charge >= 0.3 is 0 Å². The molecule has 1 amide bonds. The zero-order valence-corrected chi connectivity index (χ0v) is 19.0. The van der Waals surface area contributed by atoms with Crippen LogP contribution < -0.4 is 19.9 Å². The molecule has 3 aromatic rings. The van der Waals surface area contributed by atoms with Gasteiger partial charge in [-0.15, -0.1) is 0 Å². The van der Waals surface area contributed by atoms with E-state index in [9.17, 15) is 13.2 Å². The standard InChI is InChI=1S/C24H26N2O5S/c1-4-30-23-12-6-18(14-19(23)15-31-21-9-5-16(2)17(3)13-21)24(27)26-20-7-10-22(11-8-20)32(25,28)29/h5-14H,4,15H2,1-3H3,(H,26,27)(H2,25,28,29). The first-order valence-corrected chi connectivity index (χ1v) is 11.6. The van der Waals surface area contributed by atoms with Crippen LogP contribution in [0, 0.1) is 13.8 Å². The largest absolute Gasteiger partial charge is 0.493 e. The molecular formula is C24H26N2O5S. The smallest absolute Gasteiger partial charge is 0.255 e. The molecular weight excluding hydrogens is 428 g/mol. The Bertz CT molecular complexity index is 1220. The number of nitrogens with one attached hydrogen (secondary N) is 1. The summed E-state index contributed by atoms with van der Waals surface area (Å²) in [5.41, 5.74) is 3.92. The molecule has 168 valence electrons. The van der Waals surface area contributed by atoms with Crippen LogP contribution in [-0.4, -0.2) is 20.9 Å². The number of nitrogens with two attached hydrogens (primary N) is 1. The van der Waals surface area contributed by atoms with Crippen molar-refractivity contribution in [2.75, 3.05) is 11.9 Å². The number of amides is 1.